The third-order valence-electron chi connectivity index (χ3n) is 3.94. The number of methoxy groups -OCH3 is 1. The van der Waals surface area contributed by atoms with Crippen LogP contribution >= 0.6 is 23.2 Å². The van der Waals surface area contributed by atoms with E-state index in [1.165, 1.54) is 0 Å². The van der Waals surface area contributed by atoms with E-state index in [0.29, 0.717) is 33.7 Å². The molecule has 1 heterocycles. The van der Waals surface area contributed by atoms with Crippen LogP contribution < -0.4 is 10.1 Å². The Morgan fingerprint density at radius 1 is 1.15 bits per heavy atom. The van der Waals surface area contributed by atoms with Crippen LogP contribution in [-0.4, -0.2) is 22.8 Å². The number of aromatic nitrogens is 2. The van der Waals surface area contributed by atoms with Crippen molar-refractivity contribution in [2.45, 2.75) is 13.5 Å². The third-order valence-corrected chi connectivity index (χ3v) is 4.65. The van der Waals surface area contributed by atoms with Crippen LogP contribution in [0.5, 0.6) is 5.75 Å². The van der Waals surface area contributed by atoms with Crippen LogP contribution in [0, 0.1) is 6.92 Å². The number of ether oxygens (including phenoxy) is 1. The zero-order chi connectivity index (χ0) is 18.7. The van der Waals surface area contributed by atoms with Crippen LogP contribution in [0.15, 0.2) is 48.5 Å². The van der Waals surface area contributed by atoms with Crippen molar-refractivity contribution in [3.8, 4) is 5.75 Å². The number of hydrogen-bond donors (Lipinski definition) is 1. The summed E-state index contributed by atoms with van der Waals surface area (Å²) in [6.45, 7) is 2.32. The van der Waals surface area contributed by atoms with Crippen LogP contribution in [-0.2, 0) is 6.54 Å². The van der Waals surface area contributed by atoms with E-state index in [0.717, 1.165) is 11.3 Å². The molecule has 2 aromatic carbocycles. The highest BCUT2D eigenvalue weighted by Crippen LogP contribution is 2.26. The first kappa shape index (κ1) is 18.3. The topological polar surface area (TPSA) is 56.1 Å². The van der Waals surface area contributed by atoms with Gasteiger partial charge in [0.25, 0.3) is 5.91 Å². The Bertz CT molecular complexity index is 916. The summed E-state index contributed by atoms with van der Waals surface area (Å²) in [4.78, 5) is 12.4. The first-order valence-corrected chi connectivity index (χ1v) is 8.66. The molecule has 3 aromatic rings. The van der Waals surface area contributed by atoms with Crippen molar-refractivity contribution in [2.75, 3.05) is 12.4 Å². The number of halogens is 2. The second-order valence-corrected chi connectivity index (χ2v) is 6.53. The van der Waals surface area contributed by atoms with Crippen molar-refractivity contribution in [2.24, 2.45) is 0 Å². The van der Waals surface area contributed by atoms with Gasteiger partial charge in [0.2, 0.25) is 0 Å². The Morgan fingerprint density at radius 3 is 2.42 bits per heavy atom. The number of hydrogen-bond acceptors (Lipinski definition) is 3. The molecule has 5 nitrogen and oxygen atoms in total. The fourth-order valence-corrected chi connectivity index (χ4v) is 3.01. The minimum absolute atomic E-state index is 0.243. The molecule has 134 valence electrons. The molecule has 0 unspecified atom stereocenters. The van der Waals surface area contributed by atoms with E-state index < -0.39 is 0 Å². The zero-order valence-corrected chi connectivity index (χ0v) is 15.8. The quantitative estimate of drug-likeness (QED) is 0.681. The molecule has 0 fully saturated rings. The molecule has 0 radical (unpaired) electrons. The Kier molecular flexibility index (Phi) is 5.49. The molecule has 0 saturated heterocycles. The van der Waals surface area contributed by atoms with Crippen molar-refractivity contribution in [1.29, 1.82) is 0 Å². The molecule has 0 spiro atoms. The molecule has 1 N–H and O–H groups in total. The van der Waals surface area contributed by atoms with E-state index in [1.54, 1.807) is 60.3 Å². The van der Waals surface area contributed by atoms with E-state index in [-0.39, 0.29) is 5.91 Å². The van der Waals surface area contributed by atoms with Crippen molar-refractivity contribution in [1.82, 2.24) is 9.78 Å². The monoisotopic (exact) mass is 389 g/mol. The van der Waals surface area contributed by atoms with E-state index in [4.69, 9.17) is 27.9 Å². The molecule has 26 heavy (non-hydrogen) atoms. The van der Waals surface area contributed by atoms with Crippen molar-refractivity contribution < 1.29 is 9.53 Å². The summed E-state index contributed by atoms with van der Waals surface area (Å²) in [5.74, 6) is 0.915. The van der Waals surface area contributed by atoms with Gasteiger partial charge >= 0.3 is 0 Å². The number of carbonyl (C=O) groups is 1. The third kappa shape index (κ3) is 4.00. The van der Waals surface area contributed by atoms with Gasteiger partial charge in [0.05, 0.1) is 13.7 Å². The van der Waals surface area contributed by atoms with Gasteiger partial charge < -0.3 is 10.1 Å². The summed E-state index contributed by atoms with van der Waals surface area (Å²) in [5.41, 5.74) is 2.19. The summed E-state index contributed by atoms with van der Waals surface area (Å²) >= 11 is 12.4. The predicted molar refractivity (Wildman–Crippen MR) is 103 cm³/mol. The first-order chi connectivity index (χ1) is 12.5. The number of benzene rings is 2. The van der Waals surface area contributed by atoms with E-state index in [2.05, 4.69) is 10.4 Å². The highest BCUT2D eigenvalue weighted by molar-refractivity contribution is 6.35. The highest BCUT2D eigenvalue weighted by Gasteiger charge is 2.13. The standard InChI is InChI=1S/C19H17Cl2N3O2/c1-12-10-18(22-19(25)13-6-8-14(26-2)9-7-13)23-24(12)11-15-16(20)4-3-5-17(15)21/h3-10H,11H2,1-2H3,(H,22,23,25). The number of carbonyl (C=O) groups excluding carboxylic acids is 1. The minimum Gasteiger partial charge on any atom is -0.497 e. The summed E-state index contributed by atoms with van der Waals surface area (Å²) in [6.07, 6.45) is 0. The Morgan fingerprint density at radius 2 is 1.81 bits per heavy atom. The van der Waals surface area contributed by atoms with Crippen LogP contribution in [0.25, 0.3) is 0 Å². The lowest BCUT2D eigenvalue weighted by Crippen LogP contribution is -2.13. The number of aryl methyl sites for hydroxylation is 1. The molecule has 0 saturated carbocycles. The maximum absolute atomic E-state index is 12.4. The number of anilines is 1. The van der Waals surface area contributed by atoms with Crippen LogP contribution in [0.1, 0.15) is 21.6 Å². The average Bonchev–Trinajstić information content (AvgIpc) is 2.97. The SMILES string of the molecule is COc1ccc(C(=O)Nc2cc(C)n(Cc3c(Cl)cccc3Cl)n2)cc1. The lowest BCUT2D eigenvalue weighted by atomic mass is 10.2. The normalized spacial score (nSPS) is 10.6. The second kappa shape index (κ2) is 7.81. The fraction of sp³-hybridized carbons (Fsp3) is 0.158. The van der Waals surface area contributed by atoms with Crippen molar-refractivity contribution in [3.05, 3.63) is 75.4 Å². The van der Waals surface area contributed by atoms with Crippen LogP contribution in [0.4, 0.5) is 5.82 Å². The van der Waals surface area contributed by atoms with E-state index >= 15 is 0 Å². The summed E-state index contributed by atoms with van der Waals surface area (Å²) in [7, 11) is 1.58. The molecule has 3 rings (SSSR count). The molecule has 0 aliphatic rings. The highest BCUT2D eigenvalue weighted by atomic mass is 35.5. The molecule has 0 aliphatic carbocycles. The van der Waals surface area contributed by atoms with Gasteiger partial charge in [-0.15, -0.1) is 0 Å². The van der Waals surface area contributed by atoms with E-state index in [1.807, 2.05) is 6.92 Å². The Balaban J connectivity index is 1.76. The van der Waals surface area contributed by atoms with E-state index in [9.17, 15) is 4.79 Å². The van der Waals surface area contributed by atoms with Gasteiger partial charge in [0.1, 0.15) is 5.75 Å². The Labute approximate surface area is 161 Å². The van der Waals surface area contributed by atoms with Crippen LogP contribution in [0.3, 0.4) is 0 Å². The zero-order valence-electron chi connectivity index (χ0n) is 14.3. The molecular weight excluding hydrogens is 373 g/mol. The minimum atomic E-state index is -0.243. The second-order valence-electron chi connectivity index (χ2n) is 5.71. The molecule has 1 aromatic heterocycles. The number of nitrogens with one attached hydrogen (secondary N) is 1. The molecule has 0 aliphatic heterocycles. The van der Waals surface area contributed by atoms with Gasteiger partial charge in [-0.2, -0.15) is 5.10 Å². The Hall–Kier alpha value is -2.50. The van der Waals surface area contributed by atoms with Gasteiger partial charge in [0, 0.05) is 32.9 Å². The molecule has 1 amide bonds. The average molecular weight is 390 g/mol. The number of rotatable bonds is 5. The number of amides is 1. The predicted octanol–water partition coefficient (Wildman–Crippen LogP) is 4.81. The summed E-state index contributed by atoms with van der Waals surface area (Å²) in [6, 6.07) is 14.0. The molecular formula is C19H17Cl2N3O2. The summed E-state index contributed by atoms with van der Waals surface area (Å²) < 4.78 is 6.84. The van der Waals surface area contributed by atoms with Crippen molar-refractivity contribution in [3.63, 3.8) is 0 Å². The lowest BCUT2D eigenvalue weighted by Gasteiger charge is -2.08. The summed E-state index contributed by atoms with van der Waals surface area (Å²) in [5, 5.41) is 8.38. The fourth-order valence-electron chi connectivity index (χ4n) is 2.50. The van der Waals surface area contributed by atoms with Gasteiger partial charge in [0.15, 0.2) is 5.82 Å². The largest absolute Gasteiger partial charge is 0.497 e. The first-order valence-electron chi connectivity index (χ1n) is 7.90. The van der Waals surface area contributed by atoms with Gasteiger partial charge in [-0.3, -0.25) is 9.48 Å². The number of nitrogens with zero attached hydrogens (tertiary/aromatic N) is 2. The van der Waals surface area contributed by atoms with Gasteiger partial charge in [-0.05, 0) is 43.3 Å². The lowest BCUT2D eigenvalue weighted by molar-refractivity contribution is 0.102. The maximum Gasteiger partial charge on any atom is 0.256 e. The maximum atomic E-state index is 12.4. The molecule has 7 heteroatoms. The van der Waals surface area contributed by atoms with Crippen LogP contribution in [0.2, 0.25) is 10.0 Å². The van der Waals surface area contributed by atoms with Crippen molar-refractivity contribution >= 4 is 34.9 Å². The molecule has 0 bridgehead atoms. The molecule has 0 atom stereocenters. The van der Waals surface area contributed by atoms with Gasteiger partial charge in [-0.25, -0.2) is 0 Å². The smallest absolute Gasteiger partial charge is 0.256 e. The van der Waals surface area contributed by atoms with Gasteiger partial charge in [-0.1, -0.05) is 29.3 Å².